The van der Waals surface area contributed by atoms with Gasteiger partial charge in [-0.05, 0) is 18.7 Å². The first-order valence-corrected chi connectivity index (χ1v) is 5.44. The van der Waals surface area contributed by atoms with Crippen molar-refractivity contribution in [3.63, 3.8) is 0 Å². The highest BCUT2D eigenvalue weighted by atomic mass is 16.3. The van der Waals surface area contributed by atoms with E-state index < -0.39 is 0 Å². The molecule has 3 aromatic rings. The second-order valence-electron chi connectivity index (χ2n) is 3.79. The van der Waals surface area contributed by atoms with E-state index in [1.54, 1.807) is 12.6 Å². The second kappa shape index (κ2) is 4.03. The first-order chi connectivity index (χ1) is 8.36. The number of imidazole rings is 1. The third kappa shape index (κ3) is 1.81. The molecule has 17 heavy (non-hydrogen) atoms. The maximum atomic E-state index is 5.51. The molecule has 0 saturated heterocycles. The van der Waals surface area contributed by atoms with Crippen molar-refractivity contribution >= 4 is 5.65 Å². The zero-order valence-electron chi connectivity index (χ0n) is 9.21. The fraction of sp³-hybridized carbons (Fsp3) is 0.167. The largest absolute Gasteiger partial charge is 0.463 e. The van der Waals surface area contributed by atoms with E-state index in [1.807, 2.05) is 28.8 Å². The van der Waals surface area contributed by atoms with Crippen LogP contribution < -0.4 is 5.73 Å². The van der Waals surface area contributed by atoms with E-state index >= 15 is 0 Å². The number of furan rings is 1. The highest BCUT2D eigenvalue weighted by molar-refractivity contribution is 5.58. The van der Waals surface area contributed by atoms with Crippen molar-refractivity contribution < 1.29 is 4.42 Å². The lowest BCUT2D eigenvalue weighted by Gasteiger charge is -1.96. The predicted molar refractivity (Wildman–Crippen MR) is 63.4 cm³/mol. The van der Waals surface area contributed by atoms with Crippen LogP contribution in [0.2, 0.25) is 0 Å². The minimum Gasteiger partial charge on any atom is -0.463 e. The van der Waals surface area contributed by atoms with E-state index in [0.29, 0.717) is 6.54 Å². The van der Waals surface area contributed by atoms with Gasteiger partial charge in [0.2, 0.25) is 0 Å². The number of hydrogen-bond acceptors (Lipinski definition) is 4. The Balaban J connectivity index is 2.06. The fourth-order valence-electron chi connectivity index (χ4n) is 1.77. The van der Waals surface area contributed by atoms with Crippen molar-refractivity contribution in [2.45, 2.75) is 6.42 Å². The molecule has 0 spiro atoms. The molecule has 0 saturated carbocycles. The molecule has 0 aliphatic carbocycles. The first-order valence-electron chi connectivity index (χ1n) is 5.44. The van der Waals surface area contributed by atoms with E-state index in [9.17, 15) is 0 Å². The maximum Gasteiger partial charge on any atom is 0.152 e. The fourth-order valence-corrected chi connectivity index (χ4v) is 1.77. The summed E-state index contributed by atoms with van der Waals surface area (Å²) in [6.07, 6.45) is 6.09. The molecule has 0 amide bonds. The Bertz CT molecular complexity index is 627. The zero-order valence-corrected chi connectivity index (χ0v) is 9.21. The van der Waals surface area contributed by atoms with Gasteiger partial charge in [0.25, 0.3) is 0 Å². The summed E-state index contributed by atoms with van der Waals surface area (Å²) in [5.41, 5.74) is 8.13. The van der Waals surface area contributed by atoms with Gasteiger partial charge in [0.15, 0.2) is 5.76 Å². The van der Waals surface area contributed by atoms with E-state index in [4.69, 9.17) is 10.2 Å². The summed E-state index contributed by atoms with van der Waals surface area (Å²) >= 11 is 0. The van der Waals surface area contributed by atoms with Crippen LogP contribution >= 0.6 is 0 Å². The quantitative estimate of drug-likeness (QED) is 0.737. The Hall–Kier alpha value is -2.14. The van der Waals surface area contributed by atoms with E-state index in [0.717, 1.165) is 29.2 Å². The topological polar surface area (TPSA) is 69.3 Å². The van der Waals surface area contributed by atoms with Crippen LogP contribution in [-0.2, 0) is 6.42 Å². The van der Waals surface area contributed by atoms with Crippen molar-refractivity contribution in [1.29, 1.82) is 0 Å². The van der Waals surface area contributed by atoms with Crippen molar-refractivity contribution in [1.82, 2.24) is 14.4 Å². The normalized spacial score (nSPS) is 11.1. The van der Waals surface area contributed by atoms with Gasteiger partial charge in [-0.25, -0.2) is 9.97 Å². The first kappa shape index (κ1) is 10.0. The Morgan fingerprint density at radius 2 is 2.35 bits per heavy atom. The summed E-state index contributed by atoms with van der Waals surface area (Å²) in [6.45, 7) is 0.600. The van der Waals surface area contributed by atoms with Crippen LogP contribution in [0, 0.1) is 0 Å². The standard InChI is InChI=1S/C12H12N4O/c13-4-3-9-7-16-8-14-10(6-12(16)15-9)11-2-1-5-17-11/h1-2,5-8H,3-4,13H2. The second-order valence-corrected chi connectivity index (χ2v) is 3.79. The van der Waals surface area contributed by atoms with Crippen LogP contribution in [0.5, 0.6) is 0 Å². The van der Waals surface area contributed by atoms with Crippen molar-refractivity contribution in [2.75, 3.05) is 6.54 Å². The maximum absolute atomic E-state index is 5.51. The van der Waals surface area contributed by atoms with Gasteiger partial charge in [-0.3, -0.25) is 4.40 Å². The molecular formula is C12H12N4O. The highest BCUT2D eigenvalue weighted by Gasteiger charge is 2.06. The van der Waals surface area contributed by atoms with Gasteiger partial charge < -0.3 is 10.2 Å². The number of hydrogen-bond donors (Lipinski definition) is 1. The minimum atomic E-state index is 0.600. The van der Waals surface area contributed by atoms with Gasteiger partial charge >= 0.3 is 0 Å². The highest BCUT2D eigenvalue weighted by Crippen LogP contribution is 2.18. The number of rotatable bonds is 3. The lowest BCUT2D eigenvalue weighted by atomic mass is 10.3. The van der Waals surface area contributed by atoms with E-state index in [1.165, 1.54) is 0 Å². The summed E-state index contributed by atoms with van der Waals surface area (Å²) in [6, 6.07) is 5.62. The van der Waals surface area contributed by atoms with Gasteiger partial charge in [-0.1, -0.05) is 0 Å². The van der Waals surface area contributed by atoms with Crippen molar-refractivity contribution in [3.05, 3.63) is 42.7 Å². The summed E-state index contributed by atoms with van der Waals surface area (Å²) in [5, 5.41) is 0. The Morgan fingerprint density at radius 3 is 3.12 bits per heavy atom. The molecule has 5 heteroatoms. The average Bonchev–Trinajstić information content (AvgIpc) is 2.96. The molecule has 0 aliphatic heterocycles. The van der Waals surface area contributed by atoms with Gasteiger partial charge in [0.1, 0.15) is 17.7 Å². The summed E-state index contributed by atoms with van der Waals surface area (Å²) in [7, 11) is 0. The number of aromatic nitrogens is 3. The van der Waals surface area contributed by atoms with Gasteiger partial charge in [0.05, 0.1) is 12.0 Å². The monoisotopic (exact) mass is 228 g/mol. The van der Waals surface area contributed by atoms with Crippen molar-refractivity contribution in [3.8, 4) is 11.5 Å². The number of fused-ring (bicyclic) bond motifs is 1. The summed E-state index contributed by atoms with van der Waals surface area (Å²) < 4.78 is 7.19. The molecule has 0 aromatic carbocycles. The molecule has 86 valence electrons. The van der Waals surface area contributed by atoms with Crippen LogP contribution in [0.4, 0.5) is 0 Å². The van der Waals surface area contributed by atoms with Gasteiger partial charge in [0, 0.05) is 18.7 Å². The van der Waals surface area contributed by atoms with E-state index in [2.05, 4.69) is 9.97 Å². The molecule has 5 nitrogen and oxygen atoms in total. The van der Waals surface area contributed by atoms with Crippen LogP contribution in [0.1, 0.15) is 5.69 Å². The molecule has 0 atom stereocenters. The molecular weight excluding hydrogens is 216 g/mol. The molecule has 3 heterocycles. The van der Waals surface area contributed by atoms with Crippen LogP contribution in [0.3, 0.4) is 0 Å². The van der Waals surface area contributed by atoms with Crippen LogP contribution in [0.25, 0.3) is 17.1 Å². The molecule has 2 N–H and O–H groups in total. The molecule has 3 rings (SSSR count). The zero-order chi connectivity index (χ0) is 11.7. The third-order valence-electron chi connectivity index (χ3n) is 2.57. The SMILES string of the molecule is NCCc1cn2cnc(-c3ccco3)cc2n1. The summed E-state index contributed by atoms with van der Waals surface area (Å²) in [4.78, 5) is 8.80. The average molecular weight is 228 g/mol. The molecule has 0 fully saturated rings. The van der Waals surface area contributed by atoms with Crippen LogP contribution in [0.15, 0.2) is 41.4 Å². The van der Waals surface area contributed by atoms with Gasteiger partial charge in [-0.2, -0.15) is 0 Å². The number of nitrogens with two attached hydrogens (primary N) is 1. The molecule has 0 bridgehead atoms. The number of nitrogens with zero attached hydrogens (tertiary/aromatic N) is 3. The minimum absolute atomic E-state index is 0.600. The molecule has 3 aromatic heterocycles. The summed E-state index contributed by atoms with van der Waals surface area (Å²) in [5.74, 6) is 0.746. The Kier molecular flexibility index (Phi) is 2.38. The Labute approximate surface area is 97.9 Å². The predicted octanol–water partition coefficient (Wildman–Crippen LogP) is 1.49. The molecule has 0 unspecified atom stereocenters. The van der Waals surface area contributed by atoms with E-state index in [-0.39, 0.29) is 0 Å². The van der Waals surface area contributed by atoms with Crippen LogP contribution in [-0.4, -0.2) is 20.9 Å². The third-order valence-corrected chi connectivity index (χ3v) is 2.57. The lowest BCUT2D eigenvalue weighted by Crippen LogP contribution is -2.02. The van der Waals surface area contributed by atoms with Gasteiger partial charge in [-0.15, -0.1) is 0 Å². The lowest BCUT2D eigenvalue weighted by molar-refractivity contribution is 0.580. The molecule has 0 radical (unpaired) electrons. The van der Waals surface area contributed by atoms with Crippen molar-refractivity contribution in [2.24, 2.45) is 5.73 Å². The smallest absolute Gasteiger partial charge is 0.152 e. The Morgan fingerprint density at radius 1 is 1.41 bits per heavy atom. The molecule has 0 aliphatic rings.